The van der Waals surface area contributed by atoms with Gasteiger partial charge in [0.1, 0.15) is 11.5 Å². The first kappa shape index (κ1) is 23.6. The Hall–Kier alpha value is -4.53. The van der Waals surface area contributed by atoms with Crippen LogP contribution in [0.3, 0.4) is 0 Å². The maximum atomic E-state index is 13.1. The summed E-state index contributed by atoms with van der Waals surface area (Å²) in [5.41, 5.74) is 1.01. The molecule has 9 heteroatoms. The number of hydrogen-bond acceptors (Lipinski definition) is 7. The molecule has 1 aliphatic heterocycles. The van der Waals surface area contributed by atoms with Crippen LogP contribution in [0.15, 0.2) is 78.6 Å². The monoisotopic (exact) mass is 473 g/mol. The van der Waals surface area contributed by atoms with Crippen LogP contribution in [0.25, 0.3) is 5.76 Å². The van der Waals surface area contributed by atoms with Crippen molar-refractivity contribution in [1.82, 2.24) is 9.88 Å². The van der Waals surface area contributed by atoms with Crippen molar-refractivity contribution in [2.75, 3.05) is 6.61 Å². The molecule has 0 spiro atoms. The summed E-state index contributed by atoms with van der Waals surface area (Å²) in [6.45, 7) is 2.56. The number of carbonyl (C=O) groups is 2. The molecule has 1 atom stereocenters. The van der Waals surface area contributed by atoms with E-state index in [1.165, 1.54) is 23.1 Å². The largest absolute Gasteiger partial charge is 0.507 e. The van der Waals surface area contributed by atoms with Gasteiger partial charge in [-0.2, -0.15) is 0 Å². The number of ether oxygens (including phenoxy) is 1. The zero-order valence-electron chi connectivity index (χ0n) is 19.0. The molecule has 0 aliphatic carbocycles. The summed E-state index contributed by atoms with van der Waals surface area (Å²) >= 11 is 0. The van der Waals surface area contributed by atoms with Gasteiger partial charge in [0.2, 0.25) is 0 Å². The number of nitrogens with zero attached hydrogens (tertiary/aromatic N) is 3. The lowest BCUT2D eigenvalue weighted by molar-refractivity contribution is -0.384. The highest BCUT2D eigenvalue weighted by molar-refractivity contribution is 6.46. The van der Waals surface area contributed by atoms with E-state index in [4.69, 9.17) is 4.74 Å². The second kappa shape index (κ2) is 10.2. The van der Waals surface area contributed by atoms with Crippen LogP contribution in [0, 0.1) is 10.1 Å². The summed E-state index contributed by atoms with van der Waals surface area (Å²) < 4.78 is 5.57. The van der Waals surface area contributed by atoms with E-state index >= 15 is 0 Å². The molecule has 3 aromatic rings. The second-order valence-corrected chi connectivity index (χ2v) is 8.01. The third-order valence-electron chi connectivity index (χ3n) is 5.61. The molecule has 0 saturated carbocycles. The number of aliphatic hydroxyl groups is 1. The molecular formula is C26H23N3O6. The Morgan fingerprint density at radius 2 is 1.91 bits per heavy atom. The normalized spacial score (nSPS) is 16.9. The Balaban J connectivity index is 1.82. The summed E-state index contributed by atoms with van der Waals surface area (Å²) in [6.07, 6.45) is 3.99. The van der Waals surface area contributed by atoms with Crippen molar-refractivity contribution in [3.05, 3.63) is 105 Å². The topological polar surface area (TPSA) is 123 Å². The van der Waals surface area contributed by atoms with Gasteiger partial charge in [-0.05, 0) is 47.9 Å². The molecule has 1 fully saturated rings. The predicted octanol–water partition coefficient (Wildman–Crippen LogP) is 4.40. The Bertz CT molecular complexity index is 1290. The zero-order valence-corrected chi connectivity index (χ0v) is 19.0. The molecule has 0 unspecified atom stereocenters. The summed E-state index contributed by atoms with van der Waals surface area (Å²) in [5.74, 6) is -1.43. The molecule has 1 N–H and O–H groups in total. The van der Waals surface area contributed by atoms with Gasteiger partial charge < -0.3 is 14.7 Å². The number of rotatable bonds is 8. The number of benzene rings is 2. The molecule has 1 aliphatic rings. The van der Waals surface area contributed by atoms with Crippen molar-refractivity contribution in [3.8, 4) is 5.75 Å². The van der Waals surface area contributed by atoms with Crippen molar-refractivity contribution >= 4 is 23.1 Å². The van der Waals surface area contributed by atoms with E-state index in [-0.39, 0.29) is 23.6 Å². The van der Waals surface area contributed by atoms with E-state index in [9.17, 15) is 24.8 Å². The van der Waals surface area contributed by atoms with Crippen LogP contribution in [0.4, 0.5) is 5.69 Å². The number of nitro benzene ring substituents is 1. The molecule has 1 aromatic heterocycles. The number of likely N-dealkylation sites (tertiary alicyclic amines) is 1. The first-order valence-electron chi connectivity index (χ1n) is 11.1. The summed E-state index contributed by atoms with van der Waals surface area (Å²) in [7, 11) is 0. The number of carbonyl (C=O) groups excluding carboxylic acids is 2. The maximum absolute atomic E-state index is 13.1. The van der Waals surface area contributed by atoms with Crippen molar-refractivity contribution in [2.24, 2.45) is 0 Å². The van der Waals surface area contributed by atoms with Crippen LogP contribution in [0.2, 0.25) is 0 Å². The lowest BCUT2D eigenvalue weighted by Gasteiger charge is -2.25. The average Bonchev–Trinajstić information content (AvgIpc) is 3.13. The number of non-ortho nitro benzene ring substituents is 1. The Morgan fingerprint density at radius 1 is 1.14 bits per heavy atom. The van der Waals surface area contributed by atoms with Gasteiger partial charge in [-0.25, -0.2) is 0 Å². The van der Waals surface area contributed by atoms with Crippen molar-refractivity contribution in [1.29, 1.82) is 0 Å². The fourth-order valence-corrected chi connectivity index (χ4v) is 3.97. The van der Waals surface area contributed by atoms with Gasteiger partial charge >= 0.3 is 0 Å². The van der Waals surface area contributed by atoms with Crippen molar-refractivity contribution in [3.63, 3.8) is 0 Å². The summed E-state index contributed by atoms with van der Waals surface area (Å²) in [5, 5.41) is 22.6. The average molecular weight is 473 g/mol. The van der Waals surface area contributed by atoms with Gasteiger partial charge in [0.05, 0.1) is 23.1 Å². The number of hydrogen-bond donors (Lipinski definition) is 1. The lowest BCUT2D eigenvalue weighted by atomic mass is 9.95. The molecule has 1 saturated heterocycles. The summed E-state index contributed by atoms with van der Waals surface area (Å²) in [4.78, 5) is 42.4. The van der Waals surface area contributed by atoms with Gasteiger partial charge in [0.25, 0.3) is 17.4 Å². The Kier molecular flexibility index (Phi) is 6.86. The lowest BCUT2D eigenvalue weighted by Crippen LogP contribution is -2.29. The minimum absolute atomic E-state index is 0.0341. The number of Topliss-reactive ketones (excluding diaryl/α,β-unsaturated/α-hetero) is 1. The van der Waals surface area contributed by atoms with E-state index in [0.717, 1.165) is 6.42 Å². The van der Waals surface area contributed by atoms with Crippen LogP contribution in [-0.2, 0) is 16.1 Å². The first-order chi connectivity index (χ1) is 16.9. The Labute approximate surface area is 201 Å². The third kappa shape index (κ3) is 4.89. The highest BCUT2D eigenvalue weighted by Gasteiger charge is 2.46. The molecule has 2 heterocycles. The number of ketones is 1. The van der Waals surface area contributed by atoms with Gasteiger partial charge in [-0.3, -0.25) is 24.7 Å². The van der Waals surface area contributed by atoms with Gasteiger partial charge in [0.15, 0.2) is 0 Å². The predicted molar refractivity (Wildman–Crippen MR) is 127 cm³/mol. The third-order valence-corrected chi connectivity index (χ3v) is 5.61. The standard InChI is InChI=1S/C26H23N3O6/c1-2-13-35-21-10-8-18(9-11-21)24(30)22-23(19-6-3-7-20(14-19)29(33)34)28(26(32)25(22)31)16-17-5-4-12-27-15-17/h3-12,14-15,23,30H,2,13,16H2,1H3/b24-22+/t23-/m1/s1. The SMILES string of the molecule is CCCOc1ccc(/C(O)=C2\C(=O)C(=O)N(Cc3cccnc3)[C@@H]2c2cccc([N+](=O)[O-])c2)cc1. The summed E-state index contributed by atoms with van der Waals surface area (Å²) in [6, 6.07) is 14.7. The van der Waals surface area contributed by atoms with Crippen molar-refractivity contribution < 1.29 is 24.4 Å². The van der Waals surface area contributed by atoms with E-state index in [2.05, 4.69) is 4.98 Å². The molecule has 0 bridgehead atoms. The smallest absolute Gasteiger partial charge is 0.295 e. The minimum Gasteiger partial charge on any atom is -0.507 e. The highest BCUT2D eigenvalue weighted by atomic mass is 16.6. The fourth-order valence-electron chi connectivity index (χ4n) is 3.97. The molecule has 9 nitrogen and oxygen atoms in total. The molecule has 35 heavy (non-hydrogen) atoms. The number of nitro groups is 1. The molecule has 4 rings (SSSR count). The van der Waals surface area contributed by atoms with E-state index in [0.29, 0.717) is 29.0 Å². The number of amides is 1. The van der Waals surface area contributed by atoms with Gasteiger partial charge in [-0.15, -0.1) is 0 Å². The zero-order chi connectivity index (χ0) is 24.9. The molecular weight excluding hydrogens is 450 g/mol. The highest BCUT2D eigenvalue weighted by Crippen LogP contribution is 2.41. The van der Waals surface area contributed by atoms with Crippen LogP contribution in [0.1, 0.15) is 36.1 Å². The quantitative estimate of drug-likeness (QED) is 0.169. The van der Waals surface area contributed by atoms with Crippen molar-refractivity contribution in [2.45, 2.75) is 25.9 Å². The van der Waals surface area contributed by atoms with E-state index < -0.39 is 22.7 Å². The molecule has 2 aromatic carbocycles. The Morgan fingerprint density at radius 3 is 2.57 bits per heavy atom. The number of aliphatic hydroxyl groups excluding tert-OH is 1. The second-order valence-electron chi connectivity index (χ2n) is 8.01. The number of aromatic nitrogens is 1. The fraction of sp³-hybridized carbons (Fsp3) is 0.192. The molecule has 1 amide bonds. The van der Waals surface area contributed by atoms with Gasteiger partial charge in [-0.1, -0.05) is 25.1 Å². The van der Waals surface area contributed by atoms with Crippen LogP contribution in [-0.4, -0.2) is 38.2 Å². The van der Waals surface area contributed by atoms with E-state index in [1.807, 2.05) is 6.92 Å². The van der Waals surface area contributed by atoms with E-state index in [1.54, 1.807) is 54.9 Å². The number of pyridine rings is 1. The van der Waals surface area contributed by atoms with Crippen LogP contribution < -0.4 is 4.74 Å². The van der Waals surface area contributed by atoms with Crippen LogP contribution in [0.5, 0.6) is 5.75 Å². The minimum atomic E-state index is -1.02. The molecule has 178 valence electrons. The maximum Gasteiger partial charge on any atom is 0.295 e. The van der Waals surface area contributed by atoms with Crippen LogP contribution >= 0.6 is 0 Å². The first-order valence-corrected chi connectivity index (χ1v) is 11.1. The van der Waals surface area contributed by atoms with Gasteiger partial charge in [0, 0.05) is 36.6 Å². The molecule has 0 radical (unpaired) electrons.